The number of aryl methyl sites for hydroxylation is 1. The molecule has 0 atom stereocenters. The monoisotopic (exact) mass is 288 g/mol. The number of aromatic nitrogens is 2. The lowest BCUT2D eigenvalue weighted by atomic mass is 10.2. The Morgan fingerprint density at radius 1 is 1.10 bits per heavy atom. The first-order valence-corrected chi connectivity index (χ1v) is 7.15. The molecule has 0 aliphatic rings. The van der Waals surface area contributed by atoms with Gasteiger partial charge in [-0.15, -0.1) is 0 Å². The van der Waals surface area contributed by atoms with Crippen LogP contribution in [0.15, 0.2) is 24.3 Å². The van der Waals surface area contributed by atoms with Gasteiger partial charge in [-0.05, 0) is 37.6 Å². The quantitative estimate of drug-likeness (QED) is 0.864. The van der Waals surface area contributed by atoms with Crippen molar-refractivity contribution in [2.45, 2.75) is 33.6 Å². The summed E-state index contributed by atoms with van der Waals surface area (Å²) in [4.78, 5) is 8.95. The van der Waals surface area contributed by atoms with Crippen LogP contribution >= 0.6 is 0 Å². The highest BCUT2D eigenvalue weighted by molar-refractivity contribution is 5.60. The molecule has 0 bridgehead atoms. The fourth-order valence-corrected chi connectivity index (χ4v) is 2.02. The molecule has 2 N–H and O–H groups in total. The molecule has 0 radical (unpaired) electrons. The van der Waals surface area contributed by atoms with Gasteiger partial charge in [0.05, 0.1) is 0 Å². The van der Waals surface area contributed by atoms with Gasteiger partial charge in [0, 0.05) is 24.2 Å². The Morgan fingerprint density at radius 3 is 2.43 bits per heavy atom. The molecule has 4 nitrogen and oxygen atoms in total. The average Bonchev–Trinajstić information content (AvgIpc) is 2.37. The SMILES string of the molecule is CCNc1cc(Nc2cc(C)cc(F)c2)nc(C(C)C)n1. The van der Waals surface area contributed by atoms with Crippen LogP contribution in [-0.2, 0) is 0 Å². The molecule has 0 fully saturated rings. The number of hydrogen-bond acceptors (Lipinski definition) is 4. The third-order valence-electron chi connectivity index (χ3n) is 2.93. The Hall–Kier alpha value is -2.17. The van der Waals surface area contributed by atoms with E-state index in [1.54, 1.807) is 0 Å². The van der Waals surface area contributed by atoms with Crippen molar-refractivity contribution in [3.8, 4) is 0 Å². The maximum atomic E-state index is 13.5. The molecule has 112 valence electrons. The molecular weight excluding hydrogens is 267 g/mol. The molecule has 1 aromatic heterocycles. The average molecular weight is 288 g/mol. The molecule has 0 unspecified atom stereocenters. The third-order valence-corrected chi connectivity index (χ3v) is 2.93. The summed E-state index contributed by atoms with van der Waals surface area (Å²) >= 11 is 0. The summed E-state index contributed by atoms with van der Waals surface area (Å²) in [6, 6.07) is 6.66. The van der Waals surface area contributed by atoms with E-state index in [-0.39, 0.29) is 11.7 Å². The van der Waals surface area contributed by atoms with Crippen molar-refractivity contribution in [3.05, 3.63) is 41.5 Å². The number of nitrogens with zero attached hydrogens (tertiary/aromatic N) is 2. The maximum Gasteiger partial charge on any atom is 0.136 e. The lowest BCUT2D eigenvalue weighted by molar-refractivity contribution is 0.627. The standard InChI is InChI=1S/C16H21FN4/c1-5-18-14-9-15(21-16(20-14)10(2)3)19-13-7-11(4)6-12(17)8-13/h6-10H,5H2,1-4H3,(H2,18,19,20,21). The first kappa shape index (κ1) is 15.2. The van der Waals surface area contributed by atoms with E-state index in [0.717, 1.165) is 23.8 Å². The van der Waals surface area contributed by atoms with Crippen molar-refractivity contribution in [3.63, 3.8) is 0 Å². The van der Waals surface area contributed by atoms with E-state index in [1.807, 2.05) is 39.8 Å². The van der Waals surface area contributed by atoms with Gasteiger partial charge in [-0.2, -0.15) is 0 Å². The summed E-state index contributed by atoms with van der Waals surface area (Å²) in [6.07, 6.45) is 0. The maximum absolute atomic E-state index is 13.5. The summed E-state index contributed by atoms with van der Waals surface area (Å²) in [5, 5.41) is 6.34. The van der Waals surface area contributed by atoms with Gasteiger partial charge in [0.15, 0.2) is 0 Å². The molecule has 1 aromatic carbocycles. The van der Waals surface area contributed by atoms with Crippen molar-refractivity contribution in [1.29, 1.82) is 0 Å². The minimum absolute atomic E-state index is 0.221. The number of anilines is 3. The lowest BCUT2D eigenvalue weighted by Crippen LogP contribution is -2.07. The van der Waals surface area contributed by atoms with Gasteiger partial charge < -0.3 is 10.6 Å². The third kappa shape index (κ3) is 4.15. The Morgan fingerprint density at radius 2 is 1.81 bits per heavy atom. The van der Waals surface area contributed by atoms with Crippen molar-refractivity contribution in [2.24, 2.45) is 0 Å². The Bertz CT molecular complexity index is 605. The molecule has 0 aliphatic heterocycles. The number of nitrogens with one attached hydrogen (secondary N) is 2. The van der Waals surface area contributed by atoms with Gasteiger partial charge >= 0.3 is 0 Å². The van der Waals surface area contributed by atoms with Crippen molar-refractivity contribution in [2.75, 3.05) is 17.2 Å². The second kappa shape index (κ2) is 6.52. The van der Waals surface area contributed by atoms with Crippen LogP contribution in [0.3, 0.4) is 0 Å². The summed E-state index contributed by atoms with van der Waals surface area (Å²) in [5.41, 5.74) is 1.55. The molecule has 5 heteroatoms. The van der Waals surface area contributed by atoms with Crippen molar-refractivity contribution in [1.82, 2.24) is 9.97 Å². The summed E-state index contributed by atoms with van der Waals surface area (Å²) in [5.74, 6) is 2.14. The predicted molar refractivity (Wildman–Crippen MR) is 84.7 cm³/mol. The van der Waals surface area contributed by atoms with Gasteiger partial charge in [0.2, 0.25) is 0 Å². The molecule has 0 spiro atoms. The zero-order valence-corrected chi connectivity index (χ0v) is 12.9. The molecule has 0 saturated heterocycles. The summed E-state index contributed by atoms with van der Waals surface area (Å²) in [6.45, 7) is 8.74. The smallest absolute Gasteiger partial charge is 0.136 e. The lowest BCUT2D eigenvalue weighted by Gasteiger charge is -2.12. The van der Waals surface area contributed by atoms with Crippen LogP contribution in [0.5, 0.6) is 0 Å². The number of hydrogen-bond donors (Lipinski definition) is 2. The van der Waals surface area contributed by atoms with E-state index in [2.05, 4.69) is 20.6 Å². The zero-order valence-electron chi connectivity index (χ0n) is 12.9. The minimum Gasteiger partial charge on any atom is -0.370 e. The second-order valence-corrected chi connectivity index (χ2v) is 5.32. The Balaban J connectivity index is 2.33. The highest BCUT2D eigenvalue weighted by Gasteiger charge is 2.08. The van der Waals surface area contributed by atoms with Crippen LogP contribution in [-0.4, -0.2) is 16.5 Å². The first-order valence-electron chi connectivity index (χ1n) is 7.15. The van der Waals surface area contributed by atoms with Crippen LogP contribution in [0.25, 0.3) is 0 Å². The van der Waals surface area contributed by atoms with Gasteiger partial charge in [-0.1, -0.05) is 13.8 Å². The van der Waals surface area contributed by atoms with E-state index >= 15 is 0 Å². The summed E-state index contributed by atoms with van der Waals surface area (Å²) in [7, 11) is 0. The van der Waals surface area contributed by atoms with Crippen molar-refractivity contribution >= 4 is 17.3 Å². The molecule has 1 heterocycles. The fourth-order valence-electron chi connectivity index (χ4n) is 2.02. The van der Waals surface area contributed by atoms with Crippen LogP contribution in [0.2, 0.25) is 0 Å². The van der Waals surface area contributed by atoms with E-state index in [0.29, 0.717) is 11.5 Å². The second-order valence-electron chi connectivity index (χ2n) is 5.32. The molecule has 21 heavy (non-hydrogen) atoms. The Labute approximate surface area is 124 Å². The number of halogens is 1. The van der Waals surface area contributed by atoms with Gasteiger partial charge in [0.1, 0.15) is 23.3 Å². The van der Waals surface area contributed by atoms with Gasteiger partial charge in [-0.3, -0.25) is 0 Å². The van der Waals surface area contributed by atoms with E-state index in [9.17, 15) is 4.39 Å². The van der Waals surface area contributed by atoms with E-state index in [4.69, 9.17) is 0 Å². The fraction of sp³-hybridized carbons (Fsp3) is 0.375. The van der Waals surface area contributed by atoms with Gasteiger partial charge in [0.25, 0.3) is 0 Å². The topological polar surface area (TPSA) is 49.8 Å². The molecule has 0 aliphatic carbocycles. The van der Waals surface area contributed by atoms with Crippen LogP contribution in [0.4, 0.5) is 21.7 Å². The predicted octanol–water partition coefficient (Wildman–Crippen LogP) is 4.22. The minimum atomic E-state index is -0.262. The van der Waals surface area contributed by atoms with Crippen LogP contribution < -0.4 is 10.6 Å². The first-order chi connectivity index (χ1) is 9.97. The number of benzene rings is 1. The molecule has 2 aromatic rings. The van der Waals surface area contributed by atoms with Crippen molar-refractivity contribution < 1.29 is 4.39 Å². The molecule has 0 saturated carbocycles. The Kier molecular flexibility index (Phi) is 4.73. The van der Waals surface area contributed by atoms with Crippen LogP contribution in [0, 0.1) is 12.7 Å². The molecular formula is C16H21FN4. The zero-order chi connectivity index (χ0) is 15.4. The molecule has 0 amide bonds. The highest BCUT2D eigenvalue weighted by Crippen LogP contribution is 2.22. The van der Waals surface area contributed by atoms with E-state index < -0.39 is 0 Å². The normalized spacial score (nSPS) is 10.8. The van der Waals surface area contributed by atoms with E-state index in [1.165, 1.54) is 12.1 Å². The van der Waals surface area contributed by atoms with Gasteiger partial charge in [-0.25, -0.2) is 14.4 Å². The number of rotatable bonds is 5. The summed E-state index contributed by atoms with van der Waals surface area (Å²) < 4.78 is 13.5. The molecule has 2 rings (SSSR count). The largest absolute Gasteiger partial charge is 0.370 e. The van der Waals surface area contributed by atoms with Crippen LogP contribution in [0.1, 0.15) is 38.1 Å². The highest BCUT2D eigenvalue weighted by atomic mass is 19.1.